The second kappa shape index (κ2) is 5.30. The van der Waals surface area contributed by atoms with E-state index >= 15 is 0 Å². The Balaban J connectivity index is 2.29. The number of hydrogen-bond acceptors (Lipinski definition) is 3. The van der Waals surface area contributed by atoms with Gasteiger partial charge in [-0.05, 0) is 31.7 Å². The molecule has 0 bridgehead atoms. The zero-order chi connectivity index (χ0) is 11.4. The lowest BCUT2D eigenvalue weighted by molar-refractivity contribution is 0.161. The first-order valence-electron chi connectivity index (χ1n) is 6.11. The summed E-state index contributed by atoms with van der Waals surface area (Å²) in [7, 11) is 0. The average molecular weight is 221 g/mol. The fraction of sp³-hybridized carbons (Fsp3) is 0.615. The number of aliphatic hydroxyl groups excluding tert-OH is 1. The molecule has 0 amide bonds. The molecular formula is C13H19NO2. The van der Waals surface area contributed by atoms with E-state index in [1.807, 2.05) is 6.07 Å². The van der Waals surface area contributed by atoms with E-state index in [1.54, 1.807) is 6.20 Å². The number of aromatic nitrogens is 1. The van der Waals surface area contributed by atoms with Crippen LogP contribution in [0.4, 0.5) is 0 Å². The lowest BCUT2D eigenvalue weighted by atomic mass is 10.1. The Bertz CT molecular complexity index is 352. The minimum atomic E-state index is -0.414. The lowest BCUT2D eigenvalue weighted by Crippen LogP contribution is -2.06. The molecule has 0 radical (unpaired) electrons. The first-order chi connectivity index (χ1) is 7.83. The van der Waals surface area contributed by atoms with Crippen LogP contribution < -0.4 is 4.74 Å². The van der Waals surface area contributed by atoms with Crippen LogP contribution in [0.25, 0.3) is 0 Å². The van der Waals surface area contributed by atoms with Crippen molar-refractivity contribution in [1.82, 2.24) is 4.98 Å². The molecule has 88 valence electrons. The van der Waals surface area contributed by atoms with Gasteiger partial charge in [-0.1, -0.05) is 13.3 Å². The Morgan fingerprint density at radius 3 is 3.19 bits per heavy atom. The van der Waals surface area contributed by atoms with E-state index in [1.165, 1.54) is 0 Å². The highest BCUT2D eigenvalue weighted by Crippen LogP contribution is 2.32. The van der Waals surface area contributed by atoms with E-state index in [0.29, 0.717) is 0 Å². The van der Waals surface area contributed by atoms with Crippen molar-refractivity contribution < 1.29 is 9.84 Å². The molecule has 3 nitrogen and oxygen atoms in total. The number of pyridine rings is 1. The fourth-order valence-electron chi connectivity index (χ4n) is 2.15. The predicted molar refractivity (Wildman–Crippen MR) is 62.5 cm³/mol. The summed E-state index contributed by atoms with van der Waals surface area (Å²) >= 11 is 0. The molecule has 1 heterocycles. The number of fused-ring (bicyclic) bond motifs is 1. The van der Waals surface area contributed by atoms with Crippen molar-refractivity contribution in [3.63, 3.8) is 0 Å². The quantitative estimate of drug-likeness (QED) is 0.798. The minimum absolute atomic E-state index is 0.414. The molecule has 0 fully saturated rings. The molecule has 0 aliphatic heterocycles. The number of nitrogens with zero attached hydrogens (tertiary/aromatic N) is 1. The van der Waals surface area contributed by atoms with Gasteiger partial charge in [0.15, 0.2) is 0 Å². The van der Waals surface area contributed by atoms with Gasteiger partial charge in [0.2, 0.25) is 0 Å². The van der Waals surface area contributed by atoms with Gasteiger partial charge in [0.25, 0.3) is 0 Å². The van der Waals surface area contributed by atoms with E-state index in [4.69, 9.17) is 4.74 Å². The molecular weight excluding hydrogens is 202 g/mol. The smallest absolute Gasteiger partial charge is 0.125 e. The van der Waals surface area contributed by atoms with Crippen LogP contribution in [0.15, 0.2) is 12.3 Å². The van der Waals surface area contributed by atoms with E-state index in [-0.39, 0.29) is 0 Å². The van der Waals surface area contributed by atoms with Gasteiger partial charge in [0, 0.05) is 11.8 Å². The first-order valence-corrected chi connectivity index (χ1v) is 6.11. The van der Waals surface area contributed by atoms with Crippen LogP contribution in [0, 0.1) is 0 Å². The monoisotopic (exact) mass is 221 g/mol. The van der Waals surface area contributed by atoms with Gasteiger partial charge in [-0.25, -0.2) is 0 Å². The summed E-state index contributed by atoms with van der Waals surface area (Å²) < 4.78 is 5.71. The Hall–Kier alpha value is -1.09. The molecule has 1 aliphatic rings. The Morgan fingerprint density at radius 1 is 1.50 bits per heavy atom. The topological polar surface area (TPSA) is 42.4 Å². The third kappa shape index (κ3) is 2.35. The highest BCUT2D eigenvalue weighted by atomic mass is 16.5. The van der Waals surface area contributed by atoms with Gasteiger partial charge in [-0.2, -0.15) is 0 Å². The van der Waals surface area contributed by atoms with Crippen LogP contribution in [0.3, 0.4) is 0 Å². The summed E-state index contributed by atoms with van der Waals surface area (Å²) in [5.41, 5.74) is 1.94. The second-order valence-electron chi connectivity index (χ2n) is 4.28. The van der Waals surface area contributed by atoms with Crippen molar-refractivity contribution in [2.24, 2.45) is 0 Å². The van der Waals surface area contributed by atoms with Gasteiger partial charge < -0.3 is 9.84 Å². The maximum Gasteiger partial charge on any atom is 0.125 e. The average Bonchev–Trinajstić information content (AvgIpc) is 2.49. The van der Waals surface area contributed by atoms with Gasteiger partial charge in [0.1, 0.15) is 5.75 Å². The van der Waals surface area contributed by atoms with E-state index in [9.17, 15) is 5.11 Å². The third-order valence-electron chi connectivity index (χ3n) is 2.98. The second-order valence-corrected chi connectivity index (χ2v) is 4.28. The van der Waals surface area contributed by atoms with Crippen LogP contribution in [0.2, 0.25) is 0 Å². The molecule has 1 aromatic rings. The molecule has 16 heavy (non-hydrogen) atoms. The molecule has 3 heteroatoms. The highest BCUT2D eigenvalue weighted by Gasteiger charge is 2.20. The molecule has 1 unspecified atom stereocenters. The van der Waals surface area contributed by atoms with Crippen molar-refractivity contribution in [3.8, 4) is 5.75 Å². The van der Waals surface area contributed by atoms with Crippen molar-refractivity contribution in [2.45, 2.75) is 45.1 Å². The molecule has 2 rings (SSSR count). The zero-order valence-corrected chi connectivity index (χ0v) is 9.78. The van der Waals surface area contributed by atoms with Crippen LogP contribution in [-0.4, -0.2) is 16.7 Å². The lowest BCUT2D eigenvalue weighted by Gasteiger charge is -2.14. The van der Waals surface area contributed by atoms with E-state index < -0.39 is 6.10 Å². The molecule has 0 saturated heterocycles. The number of hydrogen-bond donors (Lipinski definition) is 1. The Kier molecular flexibility index (Phi) is 3.78. The molecule has 0 spiro atoms. The molecule has 1 N–H and O–H groups in total. The summed E-state index contributed by atoms with van der Waals surface area (Å²) in [5, 5.41) is 9.97. The van der Waals surface area contributed by atoms with Crippen LogP contribution >= 0.6 is 0 Å². The van der Waals surface area contributed by atoms with Gasteiger partial charge in [0.05, 0.1) is 18.4 Å². The van der Waals surface area contributed by atoms with Crippen molar-refractivity contribution in [1.29, 1.82) is 0 Å². The van der Waals surface area contributed by atoms with Crippen LogP contribution in [0.5, 0.6) is 5.75 Å². The Morgan fingerprint density at radius 2 is 2.38 bits per heavy atom. The van der Waals surface area contributed by atoms with Crippen molar-refractivity contribution in [3.05, 3.63) is 23.5 Å². The molecule has 0 saturated carbocycles. The minimum Gasteiger partial charge on any atom is -0.493 e. The number of ether oxygens (including phenoxy) is 1. The maximum atomic E-state index is 9.97. The van der Waals surface area contributed by atoms with Crippen LogP contribution in [0.1, 0.15) is 50.0 Å². The van der Waals surface area contributed by atoms with E-state index in [2.05, 4.69) is 11.9 Å². The third-order valence-corrected chi connectivity index (χ3v) is 2.98. The Labute approximate surface area is 96.5 Å². The largest absolute Gasteiger partial charge is 0.493 e. The number of rotatable bonds is 3. The normalized spacial score (nSPS) is 20.0. The van der Waals surface area contributed by atoms with E-state index in [0.717, 1.165) is 55.7 Å². The summed E-state index contributed by atoms with van der Waals surface area (Å²) in [5.74, 6) is 0.910. The predicted octanol–water partition coefficient (Wildman–Crippen LogP) is 2.63. The maximum absolute atomic E-state index is 9.97. The SMILES string of the molecule is CCCOc1ccnc2c1CCCCC2O. The first kappa shape index (κ1) is 11.4. The molecule has 1 aromatic heterocycles. The van der Waals surface area contributed by atoms with Gasteiger partial charge in [-0.15, -0.1) is 0 Å². The summed E-state index contributed by atoms with van der Waals surface area (Å²) in [4.78, 5) is 4.30. The van der Waals surface area contributed by atoms with Crippen molar-refractivity contribution >= 4 is 0 Å². The van der Waals surface area contributed by atoms with Gasteiger partial charge in [-0.3, -0.25) is 4.98 Å². The summed E-state index contributed by atoms with van der Waals surface area (Å²) in [6.07, 6.45) is 6.28. The summed E-state index contributed by atoms with van der Waals surface area (Å²) in [6, 6.07) is 1.91. The number of aliphatic hydroxyl groups is 1. The molecule has 0 aromatic carbocycles. The summed E-state index contributed by atoms with van der Waals surface area (Å²) in [6.45, 7) is 2.82. The molecule has 1 aliphatic carbocycles. The molecule has 1 atom stereocenters. The highest BCUT2D eigenvalue weighted by molar-refractivity contribution is 5.37. The zero-order valence-electron chi connectivity index (χ0n) is 9.78. The van der Waals surface area contributed by atoms with Gasteiger partial charge >= 0.3 is 0 Å². The standard InChI is InChI=1S/C13H19NO2/c1-2-9-16-12-7-8-14-13-10(12)5-3-4-6-11(13)15/h7-8,11,15H,2-6,9H2,1H3. The van der Waals surface area contributed by atoms with Crippen molar-refractivity contribution in [2.75, 3.05) is 6.61 Å². The fourth-order valence-corrected chi connectivity index (χ4v) is 2.15. The van der Waals surface area contributed by atoms with Crippen LogP contribution in [-0.2, 0) is 6.42 Å².